The highest BCUT2D eigenvalue weighted by molar-refractivity contribution is 8.76. The van der Waals surface area contributed by atoms with Gasteiger partial charge in [-0.3, -0.25) is 0 Å². The Morgan fingerprint density at radius 1 is 1.15 bits per heavy atom. The molecule has 0 nitrogen and oxygen atoms in total. The minimum atomic E-state index is 0.570. The molecule has 0 atom stereocenters. The molecule has 0 aromatic heterocycles. The van der Waals surface area contributed by atoms with Crippen molar-refractivity contribution in [3.8, 4) is 0 Å². The molecule has 0 unspecified atom stereocenters. The third-order valence-corrected chi connectivity index (χ3v) is 4.78. The van der Waals surface area contributed by atoms with Gasteiger partial charge in [0, 0.05) is 10.8 Å². The maximum absolute atomic E-state index is 5.97. The first-order valence-electron chi connectivity index (χ1n) is 3.59. The molecule has 1 aromatic rings. The first-order chi connectivity index (χ1) is 6.15. The van der Waals surface area contributed by atoms with Gasteiger partial charge >= 0.3 is 0 Å². The molecule has 0 heterocycles. The third-order valence-electron chi connectivity index (χ3n) is 1.22. The highest BCUT2D eigenvalue weighted by Gasteiger charge is 2.07. The number of benzene rings is 1. The molecule has 0 saturated carbocycles. The van der Waals surface area contributed by atoms with Gasteiger partial charge in [0.05, 0.1) is 14.9 Å². The summed E-state index contributed by atoms with van der Waals surface area (Å²) in [5, 5.41) is 1.80. The first kappa shape index (κ1) is 11.9. The second kappa shape index (κ2) is 5.62. The highest BCUT2D eigenvalue weighted by Crippen LogP contribution is 2.41. The highest BCUT2D eigenvalue weighted by atomic mass is 35.5. The first-order valence-corrected chi connectivity index (χ1v) is 7.04. The Morgan fingerprint density at radius 2 is 1.69 bits per heavy atom. The van der Waals surface area contributed by atoms with Gasteiger partial charge in [0.1, 0.15) is 0 Å². The van der Waals surface area contributed by atoms with Crippen molar-refractivity contribution in [2.45, 2.75) is 11.8 Å². The fraction of sp³-hybridized carbons (Fsp3) is 0.250. The molecule has 0 aliphatic carbocycles. The van der Waals surface area contributed by atoms with Crippen molar-refractivity contribution in [1.29, 1.82) is 0 Å². The van der Waals surface area contributed by atoms with Crippen LogP contribution in [0.4, 0.5) is 0 Å². The van der Waals surface area contributed by atoms with Crippen LogP contribution in [-0.4, -0.2) is 5.75 Å². The van der Waals surface area contributed by atoms with Crippen molar-refractivity contribution in [3.63, 3.8) is 0 Å². The standard InChI is InChI=1S/C8H7Cl3S2/c1-2-12-13-8-6(10)3-5(9)4-7(8)11/h3-4H,2H2,1H3. The number of halogens is 3. The molecule has 0 saturated heterocycles. The van der Waals surface area contributed by atoms with E-state index in [4.69, 9.17) is 34.8 Å². The molecule has 5 heteroatoms. The lowest BCUT2D eigenvalue weighted by Crippen LogP contribution is -1.76. The zero-order chi connectivity index (χ0) is 9.84. The van der Waals surface area contributed by atoms with E-state index in [0.717, 1.165) is 10.6 Å². The summed E-state index contributed by atoms with van der Waals surface area (Å²) in [6, 6.07) is 3.40. The summed E-state index contributed by atoms with van der Waals surface area (Å²) in [5.41, 5.74) is 0. The van der Waals surface area contributed by atoms with Crippen molar-refractivity contribution >= 4 is 56.4 Å². The van der Waals surface area contributed by atoms with Gasteiger partial charge in [-0.1, -0.05) is 63.3 Å². The molecule has 0 bridgehead atoms. The summed E-state index contributed by atoms with van der Waals surface area (Å²) in [6.07, 6.45) is 0. The van der Waals surface area contributed by atoms with Gasteiger partial charge in [-0.05, 0) is 12.1 Å². The van der Waals surface area contributed by atoms with E-state index in [-0.39, 0.29) is 0 Å². The van der Waals surface area contributed by atoms with Gasteiger partial charge in [-0.25, -0.2) is 0 Å². The van der Waals surface area contributed by atoms with E-state index in [2.05, 4.69) is 6.92 Å². The summed E-state index contributed by atoms with van der Waals surface area (Å²) >= 11 is 17.7. The average molecular weight is 274 g/mol. The van der Waals surface area contributed by atoms with Crippen molar-refractivity contribution in [3.05, 3.63) is 27.2 Å². The van der Waals surface area contributed by atoms with Gasteiger partial charge in [-0.2, -0.15) is 0 Å². The van der Waals surface area contributed by atoms with Crippen LogP contribution in [0, 0.1) is 0 Å². The minimum absolute atomic E-state index is 0.570. The average Bonchev–Trinajstić information content (AvgIpc) is 2.02. The number of rotatable bonds is 3. The SMILES string of the molecule is CCSSc1c(Cl)cc(Cl)cc1Cl. The van der Waals surface area contributed by atoms with Gasteiger partial charge in [0.15, 0.2) is 0 Å². The lowest BCUT2D eigenvalue weighted by atomic mass is 10.4. The Bertz CT molecular complexity index is 278. The van der Waals surface area contributed by atoms with Crippen molar-refractivity contribution in [2.24, 2.45) is 0 Å². The van der Waals surface area contributed by atoms with Crippen LogP contribution in [0.2, 0.25) is 15.1 Å². The molecule has 0 aliphatic rings. The zero-order valence-electron chi connectivity index (χ0n) is 6.81. The van der Waals surface area contributed by atoms with Crippen LogP contribution in [0.15, 0.2) is 17.0 Å². The fourth-order valence-electron chi connectivity index (χ4n) is 0.726. The summed E-state index contributed by atoms with van der Waals surface area (Å²) in [6.45, 7) is 2.08. The molecule has 72 valence electrons. The number of hydrogen-bond donors (Lipinski definition) is 0. The van der Waals surface area contributed by atoms with E-state index in [0.29, 0.717) is 15.1 Å². The largest absolute Gasteiger partial charge is 0.0891 e. The van der Waals surface area contributed by atoms with E-state index in [1.165, 1.54) is 0 Å². The summed E-state index contributed by atoms with van der Waals surface area (Å²) in [7, 11) is 3.28. The van der Waals surface area contributed by atoms with Gasteiger partial charge in [0.2, 0.25) is 0 Å². The van der Waals surface area contributed by atoms with Crippen LogP contribution in [0.25, 0.3) is 0 Å². The molecule has 13 heavy (non-hydrogen) atoms. The van der Waals surface area contributed by atoms with Crippen LogP contribution in [0.1, 0.15) is 6.92 Å². The Hall–Kier alpha value is 0.790. The van der Waals surface area contributed by atoms with Crippen LogP contribution < -0.4 is 0 Å². The predicted octanol–water partition coefficient (Wildman–Crippen LogP) is 5.41. The molecule has 0 amide bonds. The molecule has 1 rings (SSSR count). The maximum atomic E-state index is 5.97. The molecule has 0 N–H and O–H groups in total. The van der Waals surface area contributed by atoms with E-state index >= 15 is 0 Å². The molecule has 0 radical (unpaired) electrons. The van der Waals surface area contributed by atoms with Crippen molar-refractivity contribution in [1.82, 2.24) is 0 Å². The molecular formula is C8H7Cl3S2. The Labute approximate surface area is 101 Å². The van der Waals surface area contributed by atoms with Crippen LogP contribution in [-0.2, 0) is 0 Å². The summed E-state index contributed by atoms with van der Waals surface area (Å²) in [4.78, 5) is 0.889. The minimum Gasteiger partial charge on any atom is -0.0891 e. The van der Waals surface area contributed by atoms with Crippen molar-refractivity contribution < 1.29 is 0 Å². The van der Waals surface area contributed by atoms with E-state index < -0.39 is 0 Å². The quantitative estimate of drug-likeness (QED) is 0.676. The maximum Gasteiger partial charge on any atom is 0.0580 e. The summed E-state index contributed by atoms with van der Waals surface area (Å²) in [5.74, 6) is 1.01. The second-order valence-electron chi connectivity index (χ2n) is 2.19. The number of hydrogen-bond acceptors (Lipinski definition) is 2. The van der Waals surface area contributed by atoms with E-state index in [1.807, 2.05) is 0 Å². The van der Waals surface area contributed by atoms with Crippen LogP contribution >= 0.6 is 56.4 Å². The van der Waals surface area contributed by atoms with Crippen LogP contribution in [0.5, 0.6) is 0 Å². The molecule has 0 aliphatic heterocycles. The lowest BCUT2D eigenvalue weighted by Gasteiger charge is -2.05. The summed E-state index contributed by atoms with van der Waals surface area (Å²) < 4.78 is 0. The molecule has 0 spiro atoms. The normalized spacial score (nSPS) is 10.5. The van der Waals surface area contributed by atoms with Gasteiger partial charge < -0.3 is 0 Å². The monoisotopic (exact) mass is 272 g/mol. The van der Waals surface area contributed by atoms with E-state index in [1.54, 1.807) is 33.7 Å². The second-order valence-corrected chi connectivity index (χ2v) is 6.03. The third kappa shape index (κ3) is 3.45. The predicted molar refractivity (Wildman–Crippen MR) is 65.5 cm³/mol. The molecule has 0 fully saturated rings. The lowest BCUT2D eigenvalue weighted by molar-refractivity contribution is 1.47. The van der Waals surface area contributed by atoms with Crippen molar-refractivity contribution in [2.75, 3.05) is 5.75 Å². The zero-order valence-corrected chi connectivity index (χ0v) is 10.7. The Balaban J connectivity index is 2.92. The Morgan fingerprint density at radius 3 is 2.15 bits per heavy atom. The van der Waals surface area contributed by atoms with Gasteiger partial charge in [0.25, 0.3) is 0 Å². The van der Waals surface area contributed by atoms with Gasteiger partial charge in [-0.15, -0.1) is 0 Å². The van der Waals surface area contributed by atoms with E-state index in [9.17, 15) is 0 Å². The molecular weight excluding hydrogens is 267 g/mol. The smallest absolute Gasteiger partial charge is 0.0580 e. The Kier molecular flexibility index (Phi) is 5.13. The topological polar surface area (TPSA) is 0 Å². The van der Waals surface area contributed by atoms with Crippen LogP contribution in [0.3, 0.4) is 0 Å². The molecule has 1 aromatic carbocycles. The fourth-order valence-corrected chi connectivity index (χ4v) is 3.81.